The zero-order valence-electron chi connectivity index (χ0n) is 10.4. The van der Waals surface area contributed by atoms with Crippen LogP contribution in [0.15, 0.2) is 24.3 Å². The van der Waals surface area contributed by atoms with E-state index in [9.17, 15) is 26.3 Å². The highest BCUT2D eigenvalue weighted by molar-refractivity contribution is 5.32. The molecule has 1 aliphatic heterocycles. The summed E-state index contributed by atoms with van der Waals surface area (Å²) >= 11 is 0. The Morgan fingerprint density at radius 2 is 1.35 bits per heavy atom. The molecule has 1 saturated heterocycles. The van der Waals surface area contributed by atoms with Crippen molar-refractivity contribution >= 4 is 0 Å². The molecule has 2 rings (SSSR count). The molecular weight excluding hydrogens is 284 g/mol. The van der Waals surface area contributed by atoms with E-state index < -0.39 is 23.3 Å². The van der Waals surface area contributed by atoms with E-state index in [1.807, 2.05) is 0 Å². The van der Waals surface area contributed by atoms with Gasteiger partial charge in [0, 0.05) is 0 Å². The molecular formula is C13H13F6N. The van der Waals surface area contributed by atoms with Crippen LogP contribution < -0.4 is 5.32 Å². The maximum atomic E-state index is 13.4. The molecule has 0 radical (unpaired) electrons. The first kappa shape index (κ1) is 15.2. The zero-order valence-corrected chi connectivity index (χ0v) is 10.4. The number of nitrogens with one attached hydrogen (secondary N) is 1. The number of piperidine rings is 1. The Morgan fingerprint density at radius 1 is 0.850 bits per heavy atom. The van der Waals surface area contributed by atoms with Crippen molar-refractivity contribution in [2.45, 2.75) is 30.6 Å². The van der Waals surface area contributed by atoms with Crippen molar-refractivity contribution in [1.82, 2.24) is 5.32 Å². The average molecular weight is 297 g/mol. The summed E-state index contributed by atoms with van der Waals surface area (Å²) in [6, 6.07) is 3.32. The summed E-state index contributed by atoms with van der Waals surface area (Å²) in [4.78, 5) is 0. The fourth-order valence-electron chi connectivity index (χ4n) is 2.57. The molecule has 0 spiro atoms. The minimum Gasteiger partial charge on any atom is -0.317 e. The molecule has 0 bridgehead atoms. The second kappa shape index (κ2) is 4.95. The number of hydrogen-bond donors (Lipinski definition) is 1. The lowest BCUT2D eigenvalue weighted by atomic mass is 9.72. The molecule has 0 aromatic heterocycles. The third kappa shape index (κ3) is 2.63. The highest BCUT2D eigenvalue weighted by atomic mass is 19.4. The molecule has 0 aliphatic carbocycles. The van der Waals surface area contributed by atoms with Crippen LogP contribution >= 0.6 is 0 Å². The van der Waals surface area contributed by atoms with Gasteiger partial charge in [-0.25, -0.2) is 0 Å². The predicted octanol–water partition coefficient (Wildman–Crippen LogP) is 3.89. The number of halogens is 6. The van der Waals surface area contributed by atoms with E-state index in [0.29, 0.717) is 12.1 Å². The molecule has 7 heteroatoms. The van der Waals surface area contributed by atoms with Crippen molar-refractivity contribution in [3.8, 4) is 0 Å². The average Bonchev–Trinajstić information content (AvgIpc) is 2.37. The van der Waals surface area contributed by atoms with E-state index in [4.69, 9.17) is 0 Å². The number of benzene rings is 1. The van der Waals surface area contributed by atoms with Crippen molar-refractivity contribution in [2.24, 2.45) is 0 Å². The molecule has 1 fully saturated rings. The Labute approximate surface area is 112 Å². The molecule has 1 heterocycles. The molecule has 0 atom stereocenters. The third-order valence-electron chi connectivity index (χ3n) is 3.76. The van der Waals surface area contributed by atoms with E-state index in [1.54, 1.807) is 0 Å². The first-order valence-corrected chi connectivity index (χ1v) is 6.12. The highest BCUT2D eigenvalue weighted by Crippen LogP contribution is 2.47. The van der Waals surface area contributed by atoms with E-state index >= 15 is 0 Å². The summed E-state index contributed by atoms with van der Waals surface area (Å²) in [5.74, 6) is 0. The molecule has 112 valence electrons. The van der Waals surface area contributed by atoms with E-state index in [0.717, 1.165) is 12.1 Å². The predicted molar refractivity (Wildman–Crippen MR) is 61.3 cm³/mol. The largest absolute Gasteiger partial charge is 0.416 e. The summed E-state index contributed by atoms with van der Waals surface area (Å²) in [6.07, 6.45) is -9.35. The Bertz CT molecular complexity index is 453. The SMILES string of the molecule is FC(F)(F)c1ccc(C2(C(F)(F)F)CCNCC2)cc1. The van der Waals surface area contributed by atoms with Crippen LogP contribution in [-0.2, 0) is 11.6 Å². The van der Waals surface area contributed by atoms with Gasteiger partial charge in [-0.15, -0.1) is 0 Å². The van der Waals surface area contributed by atoms with Gasteiger partial charge >= 0.3 is 12.4 Å². The molecule has 0 saturated carbocycles. The quantitative estimate of drug-likeness (QED) is 0.775. The molecule has 20 heavy (non-hydrogen) atoms. The summed E-state index contributed by atoms with van der Waals surface area (Å²) in [6.45, 7) is 0.390. The van der Waals surface area contributed by atoms with Gasteiger partial charge in [0.2, 0.25) is 0 Å². The molecule has 1 aromatic carbocycles. The van der Waals surface area contributed by atoms with E-state index in [2.05, 4.69) is 5.32 Å². The van der Waals surface area contributed by atoms with Crippen LogP contribution in [0, 0.1) is 0 Å². The lowest BCUT2D eigenvalue weighted by Gasteiger charge is -2.39. The normalized spacial score (nSPS) is 19.9. The van der Waals surface area contributed by atoms with Gasteiger partial charge in [0.25, 0.3) is 0 Å². The van der Waals surface area contributed by atoms with Gasteiger partial charge in [-0.1, -0.05) is 12.1 Å². The lowest BCUT2D eigenvalue weighted by molar-refractivity contribution is -0.197. The first-order chi connectivity index (χ1) is 9.17. The number of alkyl halides is 6. The van der Waals surface area contributed by atoms with Crippen molar-refractivity contribution < 1.29 is 26.3 Å². The Hall–Kier alpha value is -1.24. The lowest BCUT2D eigenvalue weighted by Crippen LogP contribution is -2.49. The Morgan fingerprint density at radius 3 is 1.75 bits per heavy atom. The van der Waals surface area contributed by atoms with E-state index in [1.165, 1.54) is 0 Å². The second-order valence-electron chi connectivity index (χ2n) is 4.90. The zero-order chi connectivity index (χ0) is 15.0. The molecule has 1 N–H and O–H groups in total. The topological polar surface area (TPSA) is 12.0 Å². The maximum Gasteiger partial charge on any atom is 0.416 e. The molecule has 1 nitrogen and oxygen atoms in total. The molecule has 0 unspecified atom stereocenters. The summed E-state index contributed by atoms with van der Waals surface area (Å²) in [7, 11) is 0. The van der Waals surface area contributed by atoms with Gasteiger partial charge in [-0.05, 0) is 43.6 Å². The van der Waals surface area contributed by atoms with Crippen molar-refractivity contribution in [3.63, 3.8) is 0 Å². The molecule has 1 aliphatic rings. The van der Waals surface area contributed by atoms with Crippen LogP contribution in [0.3, 0.4) is 0 Å². The summed E-state index contributed by atoms with van der Waals surface area (Å²) in [5, 5.41) is 2.84. The fraction of sp³-hybridized carbons (Fsp3) is 0.538. The maximum absolute atomic E-state index is 13.4. The first-order valence-electron chi connectivity index (χ1n) is 6.12. The van der Waals surface area contributed by atoms with Gasteiger partial charge in [-0.2, -0.15) is 26.3 Å². The van der Waals surface area contributed by atoms with Crippen LogP contribution in [0.4, 0.5) is 26.3 Å². The van der Waals surface area contributed by atoms with Crippen molar-refractivity contribution in [2.75, 3.05) is 13.1 Å². The second-order valence-corrected chi connectivity index (χ2v) is 4.90. The molecule has 1 aromatic rings. The van der Waals surface area contributed by atoms with E-state index in [-0.39, 0.29) is 31.5 Å². The van der Waals surface area contributed by atoms with Gasteiger partial charge in [0.1, 0.15) is 0 Å². The van der Waals surface area contributed by atoms with Gasteiger partial charge in [-0.3, -0.25) is 0 Å². The number of hydrogen-bond acceptors (Lipinski definition) is 1. The summed E-state index contributed by atoms with van der Waals surface area (Å²) < 4.78 is 77.5. The van der Waals surface area contributed by atoms with Gasteiger partial charge < -0.3 is 5.32 Å². The van der Waals surface area contributed by atoms with Crippen LogP contribution in [0.5, 0.6) is 0 Å². The number of rotatable bonds is 1. The Balaban J connectivity index is 2.40. The Kier molecular flexibility index (Phi) is 3.75. The minimum atomic E-state index is -4.54. The summed E-state index contributed by atoms with van der Waals surface area (Å²) in [5.41, 5.74) is -3.09. The monoisotopic (exact) mass is 297 g/mol. The van der Waals surface area contributed by atoms with Crippen LogP contribution in [0.1, 0.15) is 24.0 Å². The fourth-order valence-corrected chi connectivity index (χ4v) is 2.57. The van der Waals surface area contributed by atoms with Crippen molar-refractivity contribution in [3.05, 3.63) is 35.4 Å². The van der Waals surface area contributed by atoms with Crippen LogP contribution in [0.25, 0.3) is 0 Å². The van der Waals surface area contributed by atoms with Gasteiger partial charge in [0.15, 0.2) is 0 Å². The van der Waals surface area contributed by atoms with Crippen LogP contribution in [-0.4, -0.2) is 19.3 Å². The molecule has 0 amide bonds. The third-order valence-corrected chi connectivity index (χ3v) is 3.76. The van der Waals surface area contributed by atoms with Crippen molar-refractivity contribution in [1.29, 1.82) is 0 Å². The van der Waals surface area contributed by atoms with Crippen LogP contribution in [0.2, 0.25) is 0 Å². The standard InChI is InChI=1S/C13H13F6N/c14-12(15,16)10-3-1-9(2-4-10)11(13(17,18)19)5-7-20-8-6-11/h1-4,20H,5-8H2. The minimum absolute atomic E-state index is 0.0977. The highest BCUT2D eigenvalue weighted by Gasteiger charge is 2.55. The smallest absolute Gasteiger partial charge is 0.317 e. The van der Waals surface area contributed by atoms with Gasteiger partial charge in [0.05, 0.1) is 11.0 Å².